The van der Waals surface area contributed by atoms with Gasteiger partial charge in [-0.3, -0.25) is 4.79 Å². The van der Waals surface area contributed by atoms with Crippen molar-refractivity contribution in [2.45, 2.75) is 44.0 Å². The van der Waals surface area contributed by atoms with Crippen molar-refractivity contribution in [3.05, 3.63) is 65.7 Å². The van der Waals surface area contributed by atoms with Crippen LogP contribution in [-0.4, -0.2) is 49.2 Å². The Morgan fingerprint density at radius 2 is 1.57 bits per heavy atom. The zero-order valence-corrected chi connectivity index (χ0v) is 17.7. The molecule has 28 heavy (non-hydrogen) atoms. The predicted octanol–water partition coefficient (Wildman–Crippen LogP) is 3.52. The second-order valence-corrected chi connectivity index (χ2v) is 10.2. The average molecular weight is 401 g/mol. The van der Waals surface area contributed by atoms with Crippen LogP contribution in [0.4, 0.5) is 0 Å². The normalized spacial score (nSPS) is 18.9. The maximum absolute atomic E-state index is 13.1. The minimum absolute atomic E-state index is 0.0288. The standard InChI is InChI=1S/C22H28N2O3S/c1-17-16-23(21(25)18-8-6-5-7-9-18)14-15-24(17)28(26,27)20-12-10-19(11-13-20)22(2,3)4/h5-13,17H,14-16H2,1-4H3/t17-/m1/s1. The number of hydrogen-bond donors (Lipinski definition) is 0. The van der Waals surface area contributed by atoms with Crippen molar-refractivity contribution in [3.63, 3.8) is 0 Å². The predicted molar refractivity (Wildman–Crippen MR) is 111 cm³/mol. The maximum atomic E-state index is 13.1. The molecule has 1 aliphatic heterocycles. The molecule has 1 aliphatic rings. The lowest BCUT2D eigenvalue weighted by molar-refractivity contribution is 0.0642. The maximum Gasteiger partial charge on any atom is 0.253 e. The number of rotatable bonds is 3. The van der Waals surface area contributed by atoms with Gasteiger partial charge in [0.25, 0.3) is 5.91 Å². The Balaban J connectivity index is 1.75. The minimum atomic E-state index is -3.59. The summed E-state index contributed by atoms with van der Waals surface area (Å²) in [5.41, 5.74) is 1.69. The van der Waals surface area contributed by atoms with E-state index in [1.807, 2.05) is 37.3 Å². The first kappa shape index (κ1) is 20.6. The molecular weight excluding hydrogens is 372 g/mol. The molecule has 0 aromatic heterocycles. The van der Waals surface area contributed by atoms with Crippen LogP contribution in [0.25, 0.3) is 0 Å². The van der Waals surface area contributed by atoms with E-state index in [0.717, 1.165) is 5.56 Å². The number of amides is 1. The van der Waals surface area contributed by atoms with Crippen LogP contribution in [-0.2, 0) is 15.4 Å². The SMILES string of the molecule is C[C@@H]1CN(C(=O)c2ccccc2)CCN1S(=O)(=O)c1ccc(C(C)(C)C)cc1. The van der Waals surface area contributed by atoms with Crippen LogP contribution in [0.5, 0.6) is 0 Å². The zero-order chi connectivity index (χ0) is 20.5. The fraction of sp³-hybridized carbons (Fsp3) is 0.409. The lowest BCUT2D eigenvalue weighted by Crippen LogP contribution is -2.55. The van der Waals surface area contributed by atoms with Gasteiger partial charge in [0, 0.05) is 31.2 Å². The third kappa shape index (κ3) is 4.13. The van der Waals surface area contributed by atoms with Crippen LogP contribution in [0, 0.1) is 0 Å². The number of hydrogen-bond acceptors (Lipinski definition) is 3. The van der Waals surface area contributed by atoms with Crippen LogP contribution >= 0.6 is 0 Å². The molecule has 150 valence electrons. The van der Waals surface area contributed by atoms with Gasteiger partial charge in [0.2, 0.25) is 10.0 Å². The Morgan fingerprint density at radius 1 is 0.964 bits per heavy atom. The molecule has 1 saturated heterocycles. The third-order valence-electron chi connectivity index (χ3n) is 5.20. The summed E-state index contributed by atoms with van der Waals surface area (Å²) in [4.78, 5) is 14.7. The van der Waals surface area contributed by atoms with E-state index in [-0.39, 0.29) is 17.4 Å². The highest BCUT2D eigenvalue weighted by Crippen LogP contribution is 2.26. The summed E-state index contributed by atoms with van der Waals surface area (Å²) in [7, 11) is -3.59. The Labute approximate surface area is 168 Å². The Bertz CT molecular complexity index is 932. The molecule has 1 amide bonds. The van der Waals surface area contributed by atoms with Gasteiger partial charge in [-0.1, -0.05) is 51.1 Å². The summed E-state index contributed by atoms with van der Waals surface area (Å²) in [6.07, 6.45) is 0. The second kappa shape index (κ2) is 7.68. The highest BCUT2D eigenvalue weighted by atomic mass is 32.2. The largest absolute Gasteiger partial charge is 0.336 e. The van der Waals surface area contributed by atoms with Gasteiger partial charge >= 0.3 is 0 Å². The van der Waals surface area contributed by atoms with Gasteiger partial charge in [-0.2, -0.15) is 4.31 Å². The minimum Gasteiger partial charge on any atom is -0.336 e. The molecule has 0 aliphatic carbocycles. The van der Waals surface area contributed by atoms with E-state index in [9.17, 15) is 13.2 Å². The van der Waals surface area contributed by atoms with E-state index >= 15 is 0 Å². The molecule has 1 fully saturated rings. The molecule has 2 aromatic rings. The molecule has 0 N–H and O–H groups in total. The molecule has 0 unspecified atom stereocenters. The van der Waals surface area contributed by atoms with Crippen LogP contribution < -0.4 is 0 Å². The van der Waals surface area contributed by atoms with E-state index in [0.29, 0.717) is 30.1 Å². The summed E-state index contributed by atoms with van der Waals surface area (Å²) in [6.45, 7) is 9.21. The molecule has 1 atom stereocenters. The van der Waals surface area contributed by atoms with Crippen LogP contribution in [0.3, 0.4) is 0 Å². The first-order valence-corrected chi connectivity index (χ1v) is 11.0. The van der Waals surface area contributed by atoms with Crippen LogP contribution in [0.15, 0.2) is 59.5 Å². The summed E-state index contributed by atoms with van der Waals surface area (Å²) >= 11 is 0. The van der Waals surface area contributed by atoms with Gasteiger partial charge in [0.05, 0.1) is 4.90 Å². The molecule has 0 radical (unpaired) electrons. The summed E-state index contributed by atoms with van der Waals surface area (Å²) in [6, 6.07) is 16.0. The van der Waals surface area contributed by atoms with E-state index in [4.69, 9.17) is 0 Å². The van der Waals surface area contributed by atoms with E-state index < -0.39 is 10.0 Å². The van der Waals surface area contributed by atoms with Crippen molar-refractivity contribution in [1.29, 1.82) is 0 Å². The Morgan fingerprint density at radius 3 is 2.11 bits per heavy atom. The molecule has 0 bridgehead atoms. The van der Waals surface area contributed by atoms with Crippen molar-refractivity contribution in [3.8, 4) is 0 Å². The van der Waals surface area contributed by atoms with Crippen molar-refractivity contribution >= 4 is 15.9 Å². The molecule has 1 heterocycles. The number of carbonyl (C=O) groups excluding carboxylic acids is 1. The van der Waals surface area contributed by atoms with Crippen molar-refractivity contribution in [2.75, 3.05) is 19.6 Å². The van der Waals surface area contributed by atoms with Gasteiger partial charge in [-0.25, -0.2) is 8.42 Å². The van der Waals surface area contributed by atoms with Crippen LogP contribution in [0.2, 0.25) is 0 Å². The summed E-state index contributed by atoms with van der Waals surface area (Å²) in [5, 5.41) is 0. The lowest BCUT2D eigenvalue weighted by atomic mass is 9.87. The van der Waals surface area contributed by atoms with Gasteiger partial charge in [-0.05, 0) is 42.2 Å². The lowest BCUT2D eigenvalue weighted by Gasteiger charge is -2.39. The fourth-order valence-corrected chi connectivity index (χ4v) is 5.12. The highest BCUT2D eigenvalue weighted by Gasteiger charge is 2.35. The number of carbonyl (C=O) groups is 1. The van der Waals surface area contributed by atoms with E-state index in [1.165, 1.54) is 4.31 Å². The van der Waals surface area contributed by atoms with E-state index in [1.54, 1.807) is 29.2 Å². The monoisotopic (exact) mass is 400 g/mol. The number of benzene rings is 2. The first-order valence-electron chi connectivity index (χ1n) is 9.57. The molecule has 3 rings (SSSR count). The summed E-state index contributed by atoms with van der Waals surface area (Å²) in [5.74, 6) is -0.0565. The van der Waals surface area contributed by atoms with Crippen molar-refractivity contribution < 1.29 is 13.2 Å². The number of piperazine rings is 1. The zero-order valence-electron chi connectivity index (χ0n) is 16.9. The quantitative estimate of drug-likeness (QED) is 0.792. The van der Waals surface area contributed by atoms with Gasteiger partial charge < -0.3 is 4.90 Å². The smallest absolute Gasteiger partial charge is 0.253 e. The number of nitrogens with zero attached hydrogens (tertiary/aromatic N) is 2. The fourth-order valence-electron chi connectivity index (χ4n) is 3.51. The van der Waals surface area contributed by atoms with Crippen molar-refractivity contribution in [2.24, 2.45) is 0 Å². The molecule has 0 saturated carbocycles. The van der Waals surface area contributed by atoms with Gasteiger partial charge in [0.15, 0.2) is 0 Å². The molecule has 5 nitrogen and oxygen atoms in total. The molecule has 2 aromatic carbocycles. The average Bonchev–Trinajstić information content (AvgIpc) is 2.67. The molecular formula is C22H28N2O3S. The van der Waals surface area contributed by atoms with Crippen LogP contribution in [0.1, 0.15) is 43.6 Å². The first-order chi connectivity index (χ1) is 13.1. The van der Waals surface area contributed by atoms with Gasteiger partial charge in [-0.15, -0.1) is 0 Å². The van der Waals surface area contributed by atoms with Gasteiger partial charge in [0.1, 0.15) is 0 Å². The molecule has 0 spiro atoms. The Kier molecular flexibility index (Phi) is 5.64. The van der Waals surface area contributed by atoms with E-state index in [2.05, 4.69) is 20.8 Å². The Hall–Kier alpha value is -2.18. The molecule has 6 heteroatoms. The second-order valence-electron chi connectivity index (χ2n) is 8.36. The topological polar surface area (TPSA) is 57.7 Å². The summed E-state index contributed by atoms with van der Waals surface area (Å²) < 4.78 is 27.8. The third-order valence-corrected chi connectivity index (χ3v) is 7.23. The highest BCUT2D eigenvalue weighted by molar-refractivity contribution is 7.89. The van der Waals surface area contributed by atoms with Crippen molar-refractivity contribution in [1.82, 2.24) is 9.21 Å². The number of sulfonamides is 1.